The van der Waals surface area contributed by atoms with Crippen molar-refractivity contribution < 1.29 is 9.53 Å². The fraction of sp³-hybridized carbons (Fsp3) is 0.407. The molecule has 1 aromatic carbocycles. The van der Waals surface area contributed by atoms with Gasteiger partial charge in [0.25, 0.3) is 0 Å². The summed E-state index contributed by atoms with van der Waals surface area (Å²) in [6.45, 7) is 4.99. The molecule has 0 N–H and O–H groups in total. The van der Waals surface area contributed by atoms with Crippen LogP contribution in [-0.4, -0.2) is 58.0 Å². The third-order valence-electron chi connectivity index (χ3n) is 7.32. The molecule has 0 saturated carbocycles. The molecule has 2 fully saturated rings. The van der Waals surface area contributed by atoms with Gasteiger partial charge in [0.15, 0.2) is 0 Å². The first-order valence-corrected chi connectivity index (χ1v) is 13.1. The van der Waals surface area contributed by atoms with Gasteiger partial charge < -0.3 is 14.5 Å². The number of benzene rings is 1. The summed E-state index contributed by atoms with van der Waals surface area (Å²) in [5, 5.41) is 1.27. The van der Waals surface area contributed by atoms with Gasteiger partial charge in [-0.05, 0) is 49.6 Å². The molecule has 2 aliphatic rings. The summed E-state index contributed by atoms with van der Waals surface area (Å²) < 4.78 is 6.21. The van der Waals surface area contributed by atoms with Crippen LogP contribution in [0.15, 0.2) is 61.2 Å². The number of pyridine rings is 1. The number of anilines is 1. The third-order valence-corrected chi connectivity index (χ3v) is 7.79. The average molecular weight is 526 g/mol. The highest BCUT2D eigenvalue weighted by Crippen LogP contribution is 2.38. The zero-order chi connectivity index (χ0) is 25.1. The Morgan fingerprint density at radius 2 is 1.75 bits per heavy atom. The topological polar surface area (TPSA) is 71.5 Å². The smallest absolute Gasteiger partial charge is 0.225 e. The number of piperidine rings is 1. The highest BCUT2D eigenvalue weighted by molar-refractivity contribution is 6.30. The van der Waals surface area contributed by atoms with E-state index < -0.39 is 0 Å². The first kappa shape index (κ1) is 24.8. The SMILES string of the molecule is CC(Oc1ccc(Cl)cn1)[C@H]1CN(C(=O)C2CCN(c3ccncn3)CC2)C[C@@H]1c1ccc(Cl)cc1. The van der Waals surface area contributed by atoms with Crippen LogP contribution in [0.2, 0.25) is 10.0 Å². The number of carbonyl (C=O) groups is 1. The number of carbonyl (C=O) groups excluding carboxylic acids is 1. The van der Waals surface area contributed by atoms with Crippen molar-refractivity contribution in [1.82, 2.24) is 19.9 Å². The van der Waals surface area contributed by atoms with Crippen LogP contribution < -0.4 is 9.64 Å². The van der Waals surface area contributed by atoms with Crippen LogP contribution in [0.1, 0.15) is 31.2 Å². The first-order chi connectivity index (χ1) is 17.5. The molecule has 0 aliphatic carbocycles. The maximum absolute atomic E-state index is 13.6. The molecule has 4 heterocycles. The molecule has 3 aromatic rings. The monoisotopic (exact) mass is 525 g/mol. The quantitative estimate of drug-likeness (QED) is 0.445. The number of nitrogens with zero attached hydrogens (tertiary/aromatic N) is 5. The lowest BCUT2D eigenvalue weighted by Crippen LogP contribution is -2.42. The van der Waals surface area contributed by atoms with E-state index in [-0.39, 0.29) is 29.8 Å². The average Bonchev–Trinajstić information content (AvgIpc) is 3.36. The molecule has 3 atom stereocenters. The van der Waals surface area contributed by atoms with Gasteiger partial charge in [-0.25, -0.2) is 15.0 Å². The maximum atomic E-state index is 13.6. The van der Waals surface area contributed by atoms with Crippen molar-refractivity contribution in [2.24, 2.45) is 11.8 Å². The van der Waals surface area contributed by atoms with E-state index in [0.29, 0.717) is 29.0 Å². The molecule has 7 nitrogen and oxygen atoms in total. The summed E-state index contributed by atoms with van der Waals surface area (Å²) in [6.07, 6.45) is 6.39. The van der Waals surface area contributed by atoms with Gasteiger partial charge in [-0.3, -0.25) is 4.79 Å². The zero-order valence-corrected chi connectivity index (χ0v) is 21.6. The van der Waals surface area contributed by atoms with Crippen molar-refractivity contribution >= 4 is 34.9 Å². The minimum Gasteiger partial charge on any atom is -0.474 e. The van der Waals surface area contributed by atoms with Gasteiger partial charge in [0, 0.05) is 67.4 Å². The van der Waals surface area contributed by atoms with E-state index >= 15 is 0 Å². The Balaban J connectivity index is 1.28. The molecule has 5 rings (SSSR count). The van der Waals surface area contributed by atoms with E-state index in [9.17, 15) is 4.79 Å². The number of amides is 1. The normalized spacial score (nSPS) is 21.4. The fourth-order valence-electron chi connectivity index (χ4n) is 5.34. The first-order valence-electron chi connectivity index (χ1n) is 12.3. The van der Waals surface area contributed by atoms with Gasteiger partial charge in [0.05, 0.1) is 5.02 Å². The van der Waals surface area contributed by atoms with Gasteiger partial charge >= 0.3 is 0 Å². The number of hydrogen-bond acceptors (Lipinski definition) is 6. The molecule has 0 radical (unpaired) electrons. The number of aromatic nitrogens is 3. The Bertz CT molecular complexity index is 1160. The largest absolute Gasteiger partial charge is 0.474 e. The second-order valence-electron chi connectivity index (χ2n) is 9.53. The lowest BCUT2D eigenvalue weighted by atomic mass is 9.86. The minimum absolute atomic E-state index is 0.0156. The van der Waals surface area contributed by atoms with Gasteiger partial charge in [0.2, 0.25) is 11.8 Å². The second kappa shape index (κ2) is 11.0. The highest BCUT2D eigenvalue weighted by Gasteiger charge is 2.42. The second-order valence-corrected chi connectivity index (χ2v) is 10.4. The van der Waals surface area contributed by atoms with E-state index in [1.165, 1.54) is 0 Å². The molecular formula is C27H29Cl2N5O2. The predicted octanol–water partition coefficient (Wildman–Crippen LogP) is 5.10. The molecule has 2 saturated heterocycles. The fourth-order valence-corrected chi connectivity index (χ4v) is 5.58. The summed E-state index contributed by atoms with van der Waals surface area (Å²) in [6, 6.07) is 13.4. The van der Waals surface area contributed by atoms with E-state index in [1.54, 1.807) is 30.9 Å². The predicted molar refractivity (Wildman–Crippen MR) is 141 cm³/mol. The zero-order valence-electron chi connectivity index (χ0n) is 20.1. The Labute approximate surface area is 221 Å². The maximum Gasteiger partial charge on any atom is 0.225 e. The molecule has 0 spiro atoms. The van der Waals surface area contributed by atoms with Crippen molar-refractivity contribution in [3.8, 4) is 5.88 Å². The summed E-state index contributed by atoms with van der Waals surface area (Å²) in [7, 11) is 0. The van der Waals surface area contributed by atoms with Crippen LogP contribution in [0.25, 0.3) is 0 Å². The third kappa shape index (κ3) is 5.57. The highest BCUT2D eigenvalue weighted by atomic mass is 35.5. The van der Waals surface area contributed by atoms with Crippen LogP contribution >= 0.6 is 23.2 Å². The van der Waals surface area contributed by atoms with Crippen molar-refractivity contribution in [2.45, 2.75) is 31.8 Å². The molecule has 2 aromatic heterocycles. The van der Waals surface area contributed by atoms with Crippen LogP contribution in [0, 0.1) is 11.8 Å². The number of ether oxygens (including phenoxy) is 1. The van der Waals surface area contributed by atoms with Crippen molar-refractivity contribution in [3.63, 3.8) is 0 Å². The minimum atomic E-state index is -0.142. The number of hydrogen-bond donors (Lipinski definition) is 0. The summed E-state index contributed by atoms with van der Waals surface area (Å²) in [5.41, 5.74) is 1.16. The van der Waals surface area contributed by atoms with Gasteiger partial charge in [0.1, 0.15) is 18.2 Å². The van der Waals surface area contributed by atoms with Crippen LogP contribution in [-0.2, 0) is 4.79 Å². The summed E-state index contributed by atoms with van der Waals surface area (Å²) in [4.78, 5) is 30.5. The van der Waals surface area contributed by atoms with Gasteiger partial charge in [-0.1, -0.05) is 35.3 Å². The van der Waals surface area contributed by atoms with E-state index in [2.05, 4.69) is 38.9 Å². The van der Waals surface area contributed by atoms with Crippen LogP contribution in [0.3, 0.4) is 0 Å². The van der Waals surface area contributed by atoms with Crippen molar-refractivity contribution in [3.05, 3.63) is 76.8 Å². The Morgan fingerprint density at radius 3 is 2.42 bits per heavy atom. The van der Waals surface area contributed by atoms with E-state index in [1.807, 2.05) is 23.1 Å². The lowest BCUT2D eigenvalue weighted by Gasteiger charge is -2.33. The van der Waals surface area contributed by atoms with E-state index in [4.69, 9.17) is 27.9 Å². The number of likely N-dealkylation sites (tertiary alicyclic amines) is 1. The molecule has 1 unspecified atom stereocenters. The van der Waals surface area contributed by atoms with Crippen LogP contribution in [0.5, 0.6) is 5.88 Å². The standard InChI is InChI=1S/C27H29Cl2N5O2/c1-18(36-26-7-6-22(29)14-31-26)23-15-34(16-24(23)19-2-4-21(28)5-3-19)27(35)20-9-12-33(13-10-20)25-8-11-30-17-32-25/h2-8,11,14,17-18,20,23-24H,9-10,12-13,15-16H2,1H3/t18?,23-,24-/m1/s1. The molecule has 1 amide bonds. The van der Waals surface area contributed by atoms with Crippen molar-refractivity contribution in [1.29, 1.82) is 0 Å². The lowest BCUT2D eigenvalue weighted by molar-refractivity contribution is -0.135. The molecule has 9 heteroatoms. The Hall–Kier alpha value is -2.90. The van der Waals surface area contributed by atoms with Crippen molar-refractivity contribution in [2.75, 3.05) is 31.1 Å². The molecular weight excluding hydrogens is 497 g/mol. The number of rotatable bonds is 6. The van der Waals surface area contributed by atoms with Crippen LogP contribution in [0.4, 0.5) is 5.82 Å². The summed E-state index contributed by atoms with van der Waals surface area (Å²) in [5.74, 6) is 1.96. The molecule has 2 aliphatic heterocycles. The Morgan fingerprint density at radius 1 is 1.00 bits per heavy atom. The number of halogens is 2. The molecule has 36 heavy (non-hydrogen) atoms. The summed E-state index contributed by atoms with van der Waals surface area (Å²) >= 11 is 12.1. The molecule has 0 bridgehead atoms. The van der Waals surface area contributed by atoms with Gasteiger partial charge in [-0.15, -0.1) is 0 Å². The molecule has 188 valence electrons. The van der Waals surface area contributed by atoms with Gasteiger partial charge in [-0.2, -0.15) is 0 Å². The van der Waals surface area contributed by atoms with E-state index in [0.717, 1.165) is 37.3 Å². The Kier molecular flexibility index (Phi) is 7.58.